The van der Waals surface area contributed by atoms with E-state index in [1.54, 1.807) is 4.90 Å². The summed E-state index contributed by atoms with van der Waals surface area (Å²) in [6.45, 7) is 5.88. The zero-order valence-electron chi connectivity index (χ0n) is 37.2. The van der Waals surface area contributed by atoms with E-state index in [0.717, 1.165) is 87.1 Å². The largest absolute Gasteiger partial charge is 0.453 e. The molecule has 4 atom stereocenters. The molecule has 5 amide bonds. The number of nitrogens with one attached hydrogen (secondary N) is 4. The van der Waals surface area contributed by atoms with Crippen LogP contribution in [0.3, 0.4) is 0 Å². The van der Waals surface area contributed by atoms with Crippen molar-refractivity contribution in [3.63, 3.8) is 0 Å². The van der Waals surface area contributed by atoms with Crippen molar-refractivity contribution in [1.29, 1.82) is 0 Å². The van der Waals surface area contributed by atoms with Gasteiger partial charge in [0, 0.05) is 56.3 Å². The smallest absolute Gasteiger partial charge is 0.407 e. The standard InChI is InChI=1S/C49H61N9O6/c1-31(2)40(54-46(62)56-27-17-35(59)18-28-56)44(60)57-25-8-12-38(57)43-51-30-39(53-43)49-22-19-48(20-23-49,21-24-49)34-15-13-32(14-16-34)36-29-50-42(52-36)37-11-7-26-58(37)45(61)41(55-47(63)64-3)33-9-5-4-6-10-33/h4-6,9-10,13-16,29-31,37-38,40-41H,7-8,11-12,17-28H2,1-3H3,(H,50,52)(H,51,53)(H,54,62)(H,55,63)/t37-,38?,40-,41+,48?,49?/m0/s1. The number of fused-ring (bicyclic) bond motifs is 3. The molecule has 5 heterocycles. The number of hydrogen-bond donors (Lipinski definition) is 4. The summed E-state index contributed by atoms with van der Waals surface area (Å²) < 4.78 is 4.85. The fraction of sp³-hybridized carbons (Fsp3) is 0.531. The number of hydrogen-bond acceptors (Lipinski definition) is 8. The molecule has 15 nitrogen and oxygen atoms in total. The van der Waals surface area contributed by atoms with Gasteiger partial charge >= 0.3 is 12.1 Å². The minimum Gasteiger partial charge on any atom is -0.453 e. The number of H-pyrrole nitrogens is 2. The fourth-order valence-electron chi connectivity index (χ4n) is 11.2. The first kappa shape index (κ1) is 43.3. The van der Waals surface area contributed by atoms with Gasteiger partial charge in [0.05, 0.1) is 31.1 Å². The van der Waals surface area contributed by atoms with Crippen LogP contribution in [0.15, 0.2) is 67.0 Å². The summed E-state index contributed by atoms with van der Waals surface area (Å²) >= 11 is 0. The van der Waals surface area contributed by atoms with Gasteiger partial charge in [0.15, 0.2) is 0 Å². The summed E-state index contributed by atoms with van der Waals surface area (Å²) in [6.07, 6.45) is 13.7. The van der Waals surface area contributed by atoms with Crippen LogP contribution >= 0.6 is 0 Å². The number of rotatable bonds is 11. The number of ketones is 1. The number of piperidine rings is 1. The summed E-state index contributed by atoms with van der Waals surface area (Å²) in [7, 11) is 1.29. The highest BCUT2D eigenvalue weighted by Crippen LogP contribution is 2.58. The SMILES string of the molecule is COC(=O)N[C@@H](C(=O)N1CCC[C@H]1c1ncc(-c2ccc(C34CCC(c5cnc(C6CCCN6C(=O)[C@@H](NC(=O)N6CCC(=O)CC6)C(C)C)[nH]5)(CC3)CC4)cc2)[nH]1)c1ccccc1. The highest BCUT2D eigenvalue weighted by atomic mass is 16.5. The van der Waals surface area contributed by atoms with Crippen LogP contribution in [0.4, 0.5) is 9.59 Å². The summed E-state index contributed by atoms with van der Waals surface area (Å²) in [4.78, 5) is 87.6. The van der Waals surface area contributed by atoms with Crippen molar-refractivity contribution >= 4 is 29.7 Å². The second-order valence-corrected chi connectivity index (χ2v) is 19.1. The number of carbonyl (C=O) groups is 5. The third-order valence-electron chi connectivity index (χ3n) is 15.2. The van der Waals surface area contributed by atoms with Crippen LogP contribution in [0, 0.1) is 5.92 Å². The molecule has 10 rings (SSSR count). The maximum atomic E-state index is 14.1. The van der Waals surface area contributed by atoms with Crippen LogP contribution in [0.5, 0.6) is 0 Å². The van der Waals surface area contributed by atoms with Crippen LogP contribution in [0.2, 0.25) is 0 Å². The lowest BCUT2D eigenvalue weighted by Crippen LogP contribution is -2.55. The monoisotopic (exact) mass is 871 g/mol. The van der Waals surface area contributed by atoms with Gasteiger partial charge in [0.1, 0.15) is 29.5 Å². The number of nitrogens with zero attached hydrogens (tertiary/aromatic N) is 5. The second kappa shape index (κ2) is 17.9. The van der Waals surface area contributed by atoms with Gasteiger partial charge in [-0.15, -0.1) is 0 Å². The summed E-state index contributed by atoms with van der Waals surface area (Å²) in [5.41, 5.74) is 5.32. The van der Waals surface area contributed by atoms with Crippen LogP contribution in [0.25, 0.3) is 11.3 Å². The first-order valence-electron chi connectivity index (χ1n) is 23.3. The third kappa shape index (κ3) is 8.29. The number of ether oxygens (including phenoxy) is 1. The van der Waals surface area contributed by atoms with E-state index in [4.69, 9.17) is 14.7 Å². The first-order chi connectivity index (χ1) is 31.0. The molecule has 2 aromatic carbocycles. The van der Waals surface area contributed by atoms with Gasteiger partial charge in [-0.05, 0) is 92.2 Å². The van der Waals surface area contributed by atoms with Gasteiger partial charge in [-0.3, -0.25) is 14.4 Å². The fourth-order valence-corrected chi connectivity index (χ4v) is 11.2. The van der Waals surface area contributed by atoms with E-state index in [1.807, 2.05) is 66.4 Å². The average Bonchev–Trinajstić information content (AvgIpc) is 4.18. The Morgan fingerprint density at radius 1 is 0.734 bits per heavy atom. The van der Waals surface area contributed by atoms with Gasteiger partial charge in [0.2, 0.25) is 5.91 Å². The zero-order valence-corrected chi connectivity index (χ0v) is 37.2. The molecule has 64 heavy (non-hydrogen) atoms. The minimum atomic E-state index is -0.871. The number of imidazole rings is 2. The maximum Gasteiger partial charge on any atom is 0.407 e. The number of likely N-dealkylation sites (tertiary alicyclic amines) is 3. The molecular formula is C49H61N9O6. The van der Waals surface area contributed by atoms with E-state index < -0.39 is 18.2 Å². The number of amides is 5. The third-order valence-corrected chi connectivity index (χ3v) is 15.2. The lowest BCUT2D eigenvalue weighted by molar-refractivity contribution is -0.135. The molecule has 2 aromatic heterocycles. The maximum absolute atomic E-state index is 14.1. The summed E-state index contributed by atoms with van der Waals surface area (Å²) in [5.74, 6) is 1.36. The van der Waals surface area contributed by atoms with Crippen LogP contribution in [-0.4, -0.2) is 104 Å². The van der Waals surface area contributed by atoms with Crippen LogP contribution < -0.4 is 10.6 Å². The lowest BCUT2D eigenvalue weighted by atomic mass is 9.51. The average molecular weight is 872 g/mol. The molecule has 0 spiro atoms. The molecule has 3 aliphatic carbocycles. The number of methoxy groups -OCH3 is 1. The van der Waals surface area contributed by atoms with E-state index in [0.29, 0.717) is 44.6 Å². The van der Waals surface area contributed by atoms with Gasteiger partial charge < -0.3 is 40.0 Å². The number of carbonyl (C=O) groups excluding carboxylic acids is 5. The quantitative estimate of drug-likeness (QED) is 0.122. The van der Waals surface area contributed by atoms with Crippen LogP contribution in [0.1, 0.15) is 137 Å². The normalized spacial score (nSPS) is 25.4. The summed E-state index contributed by atoms with van der Waals surface area (Å²) in [5, 5.41) is 5.74. The zero-order chi connectivity index (χ0) is 44.6. The number of aromatic nitrogens is 4. The van der Waals surface area contributed by atoms with Crippen molar-refractivity contribution in [3.05, 3.63) is 95.5 Å². The number of aromatic amines is 2. The van der Waals surface area contributed by atoms with Gasteiger partial charge in [0.25, 0.3) is 5.91 Å². The summed E-state index contributed by atoms with van der Waals surface area (Å²) in [6, 6.07) is 15.9. The molecule has 1 unspecified atom stereocenters. The van der Waals surface area contributed by atoms with Gasteiger partial charge in [-0.1, -0.05) is 68.4 Å². The lowest BCUT2D eigenvalue weighted by Gasteiger charge is -2.53. The van der Waals surface area contributed by atoms with Crippen molar-refractivity contribution in [1.82, 2.24) is 45.3 Å². The molecule has 15 heteroatoms. The first-order valence-corrected chi connectivity index (χ1v) is 23.3. The molecule has 4 N–H and O–H groups in total. The van der Waals surface area contributed by atoms with E-state index in [9.17, 15) is 24.0 Å². The Balaban J connectivity index is 0.831. The molecule has 3 aliphatic heterocycles. The van der Waals surface area contributed by atoms with Crippen molar-refractivity contribution in [2.45, 2.75) is 126 Å². The topological polar surface area (TPSA) is 186 Å². The van der Waals surface area contributed by atoms with Gasteiger partial charge in [-0.25, -0.2) is 19.6 Å². The Hall–Kier alpha value is -5.99. The Morgan fingerprint density at radius 3 is 1.95 bits per heavy atom. The van der Waals surface area contributed by atoms with E-state index >= 15 is 0 Å². The molecule has 6 fully saturated rings. The Bertz CT molecular complexity index is 2320. The molecule has 338 valence electrons. The molecule has 4 aromatic rings. The molecule has 3 saturated carbocycles. The highest BCUT2D eigenvalue weighted by molar-refractivity contribution is 5.89. The molecule has 6 aliphatic rings. The highest BCUT2D eigenvalue weighted by Gasteiger charge is 2.51. The van der Waals surface area contributed by atoms with Gasteiger partial charge in [-0.2, -0.15) is 0 Å². The second-order valence-electron chi connectivity index (χ2n) is 19.1. The van der Waals surface area contributed by atoms with E-state index in [-0.39, 0.29) is 52.5 Å². The van der Waals surface area contributed by atoms with Crippen molar-refractivity contribution in [2.75, 3.05) is 33.3 Å². The molecular weight excluding hydrogens is 811 g/mol. The Labute approximate surface area is 374 Å². The molecule has 0 radical (unpaired) electrons. The molecule has 2 bridgehead atoms. The number of benzene rings is 2. The number of alkyl carbamates (subject to hydrolysis) is 1. The number of urea groups is 1. The van der Waals surface area contributed by atoms with Crippen LogP contribution in [-0.2, 0) is 30.0 Å². The van der Waals surface area contributed by atoms with E-state index in [1.165, 1.54) is 18.4 Å². The van der Waals surface area contributed by atoms with E-state index in [2.05, 4.69) is 44.9 Å². The Kier molecular flexibility index (Phi) is 12.1. The predicted molar refractivity (Wildman–Crippen MR) is 239 cm³/mol. The van der Waals surface area contributed by atoms with Crippen molar-refractivity contribution in [2.24, 2.45) is 5.92 Å². The minimum absolute atomic E-state index is 0.0307. The van der Waals surface area contributed by atoms with Crippen molar-refractivity contribution < 1.29 is 28.7 Å². The predicted octanol–water partition coefficient (Wildman–Crippen LogP) is 7.17. The van der Waals surface area contributed by atoms with Crippen molar-refractivity contribution in [3.8, 4) is 11.3 Å². The Morgan fingerprint density at radius 2 is 1.33 bits per heavy atom. The molecule has 3 saturated heterocycles. The number of Topliss-reactive ketones (excluding diaryl/α,β-unsaturated/α-hetero) is 1.